The molecule has 1 aliphatic rings. The second-order valence-electron chi connectivity index (χ2n) is 8.57. The molecule has 1 aliphatic heterocycles. The Kier molecular flexibility index (Phi) is 7.22. The van der Waals surface area contributed by atoms with Crippen molar-refractivity contribution in [1.82, 2.24) is 9.80 Å². The van der Waals surface area contributed by atoms with E-state index < -0.39 is 12.1 Å². The van der Waals surface area contributed by atoms with E-state index in [1.165, 1.54) is 0 Å². The van der Waals surface area contributed by atoms with Crippen LogP contribution in [0.5, 0.6) is 0 Å². The molecule has 1 saturated heterocycles. The highest BCUT2D eigenvalue weighted by Gasteiger charge is 2.36. The Morgan fingerprint density at radius 3 is 2.03 bits per heavy atom. The van der Waals surface area contributed by atoms with Crippen LogP contribution in [-0.2, 0) is 19.5 Å². The fraction of sp³-hybridized carbons (Fsp3) is 0.250. The van der Waals surface area contributed by atoms with Gasteiger partial charge in [0.1, 0.15) is 0 Å². The summed E-state index contributed by atoms with van der Waals surface area (Å²) in [6, 6.07) is 28.0. The van der Waals surface area contributed by atoms with Gasteiger partial charge in [-0.2, -0.15) is 10.5 Å². The van der Waals surface area contributed by atoms with Gasteiger partial charge in [-0.1, -0.05) is 54.6 Å². The maximum Gasteiger partial charge on any atom is 0.320 e. The van der Waals surface area contributed by atoms with Crippen LogP contribution < -0.4 is 0 Å². The normalized spacial score (nSPS) is 18.1. The van der Waals surface area contributed by atoms with Gasteiger partial charge in [-0.05, 0) is 53.8 Å². The predicted octanol–water partition coefficient (Wildman–Crippen LogP) is 4.23. The number of benzene rings is 3. The lowest BCUT2D eigenvalue weighted by Gasteiger charge is -2.34. The molecule has 1 fully saturated rings. The van der Waals surface area contributed by atoms with Gasteiger partial charge in [0, 0.05) is 19.6 Å². The summed E-state index contributed by atoms with van der Waals surface area (Å²) in [7, 11) is 0. The van der Waals surface area contributed by atoms with Crippen molar-refractivity contribution in [2.75, 3.05) is 6.54 Å². The molecule has 3 aromatic carbocycles. The van der Waals surface area contributed by atoms with Crippen molar-refractivity contribution in [1.29, 1.82) is 10.5 Å². The van der Waals surface area contributed by atoms with E-state index in [4.69, 9.17) is 0 Å². The van der Waals surface area contributed by atoms with Crippen molar-refractivity contribution in [2.24, 2.45) is 0 Å². The monoisotopic (exact) mass is 450 g/mol. The van der Waals surface area contributed by atoms with E-state index in [2.05, 4.69) is 12.1 Å². The van der Waals surface area contributed by atoms with Crippen LogP contribution in [0, 0.1) is 22.7 Å². The molecule has 6 nitrogen and oxygen atoms in total. The minimum absolute atomic E-state index is 0.165. The number of rotatable bonds is 6. The highest BCUT2D eigenvalue weighted by molar-refractivity contribution is 5.75. The van der Waals surface area contributed by atoms with Crippen molar-refractivity contribution >= 4 is 6.03 Å². The van der Waals surface area contributed by atoms with Gasteiger partial charge < -0.3 is 14.9 Å². The maximum atomic E-state index is 13.8. The molecule has 2 atom stereocenters. The van der Waals surface area contributed by atoms with Crippen LogP contribution in [0.15, 0.2) is 78.9 Å². The van der Waals surface area contributed by atoms with E-state index in [0.717, 1.165) is 16.7 Å². The number of aliphatic hydroxyl groups is 1. The van der Waals surface area contributed by atoms with E-state index in [9.17, 15) is 20.4 Å². The van der Waals surface area contributed by atoms with Crippen molar-refractivity contribution in [2.45, 2.75) is 38.1 Å². The molecule has 34 heavy (non-hydrogen) atoms. The number of amides is 2. The van der Waals surface area contributed by atoms with Crippen LogP contribution in [0.3, 0.4) is 0 Å². The summed E-state index contributed by atoms with van der Waals surface area (Å²) in [5.74, 6) is 0. The quantitative estimate of drug-likeness (QED) is 0.608. The highest BCUT2D eigenvalue weighted by Crippen LogP contribution is 2.25. The Hall–Kier alpha value is -4.13. The minimum Gasteiger partial charge on any atom is -0.391 e. The van der Waals surface area contributed by atoms with Gasteiger partial charge in [0.2, 0.25) is 0 Å². The first-order chi connectivity index (χ1) is 16.6. The molecule has 1 N–H and O–H groups in total. The van der Waals surface area contributed by atoms with Crippen molar-refractivity contribution in [3.8, 4) is 12.1 Å². The molecule has 6 heteroatoms. The van der Waals surface area contributed by atoms with Gasteiger partial charge >= 0.3 is 6.03 Å². The fourth-order valence-corrected chi connectivity index (χ4v) is 4.44. The van der Waals surface area contributed by atoms with Gasteiger partial charge in [-0.25, -0.2) is 4.79 Å². The number of hydrogen-bond acceptors (Lipinski definition) is 4. The lowest BCUT2D eigenvalue weighted by atomic mass is 9.97. The molecule has 1 heterocycles. The molecule has 0 unspecified atom stereocenters. The standard InChI is InChI=1S/C28H26N4O2/c29-17-22-8-4-10-24(14-22)19-31-13-12-27(33)26(16-21-6-2-1-3-7-21)32(28(31)34)20-25-11-5-9-23(15-25)18-30/h1-11,14-15,26-27,33H,12-13,16,19-20H2/t26-,27-/m1/s1. The third kappa shape index (κ3) is 5.43. The zero-order chi connectivity index (χ0) is 23.9. The number of nitriles is 2. The first-order valence-corrected chi connectivity index (χ1v) is 11.3. The van der Waals surface area contributed by atoms with Gasteiger partial charge in [0.25, 0.3) is 0 Å². The molecular weight excluding hydrogens is 424 g/mol. The van der Waals surface area contributed by atoms with E-state index in [1.54, 1.807) is 34.1 Å². The molecule has 0 spiro atoms. The third-order valence-electron chi connectivity index (χ3n) is 6.18. The summed E-state index contributed by atoms with van der Waals surface area (Å²) in [6.45, 7) is 1.06. The Morgan fingerprint density at radius 1 is 0.824 bits per heavy atom. The van der Waals surface area contributed by atoms with Crippen LogP contribution in [-0.4, -0.2) is 39.6 Å². The van der Waals surface area contributed by atoms with Crippen LogP contribution in [0.2, 0.25) is 0 Å². The van der Waals surface area contributed by atoms with Gasteiger partial charge in [-0.3, -0.25) is 0 Å². The van der Waals surface area contributed by atoms with E-state index >= 15 is 0 Å². The Bertz CT molecular complexity index is 1230. The van der Waals surface area contributed by atoms with Crippen molar-refractivity contribution in [3.63, 3.8) is 0 Å². The topological polar surface area (TPSA) is 91.4 Å². The molecule has 3 aromatic rings. The number of carbonyl (C=O) groups excluding carboxylic acids is 1. The number of nitrogens with zero attached hydrogens (tertiary/aromatic N) is 4. The van der Waals surface area contributed by atoms with E-state index in [1.807, 2.05) is 54.6 Å². The van der Waals surface area contributed by atoms with E-state index in [0.29, 0.717) is 37.1 Å². The first kappa shape index (κ1) is 23.0. The van der Waals surface area contributed by atoms with Crippen LogP contribution in [0.1, 0.15) is 34.2 Å². The van der Waals surface area contributed by atoms with Crippen molar-refractivity contribution < 1.29 is 9.90 Å². The van der Waals surface area contributed by atoms with Crippen LogP contribution in [0.25, 0.3) is 0 Å². The second-order valence-corrected chi connectivity index (χ2v) is 8.57. The van der Waals surface area contributed by atoms with Gasteiger partial charge in [-0.15, -0.1) is 0 Å². The fourth-order valence-electron chi connectivity index (χ4n) is 4.44. The zero-order valence-electron chi connectivity index (χ0n) is 18.8. The average molecular weight is 451 g/mol. The summed E-state index contributed by atoms with van der Waals surface area (Å²) in [5, 5.41) is 29.7. The third-order valence-corrected chi connectivity index (χ3v) is 6.18. The van der Waals surface area contributed by atoms with Crippen LogP contribution in [0.4, 0.5) is 4.79 Å². The zero-order valence-corrected chi connectivity index (χ0v) is 18.8. The second kappa shape index (κ2) is 10.7. The van der Waals surface area contributed by atoms with Crippen LogP contribution >= 0.6 is 0 Å². The average Bonchev–Trinajstić information content (AvgIpc) is 2.98. The smallest absolute Gasteiger partial charge is 0.320 e. The molecule has 170 valence electrons. The minimum atomic E-state index is -0.696. The lowest BCUT2D eigenvalue weighted by molar-refractivity contribution is 0.0679. The Labute approximate surface area is 199 Å². The number of aliphatic hydroxyl groups excluding tert-OH is 1. The molecule has 0 bridgehead atoms. The number of hydrogen-bond donors (Lipinski definition) is 1. The molecule has 0 aliphatic carbocycles. The predicted molar refractivity (Wildman–Crippen MR) is 128 cm³/mol. The molecule has 0 radical (unpaired) electrons. The maximum absolute atomic E-state index is 13.8. The SMILES string of the molecule is N#Cc1cccc(CN2CC[C@@H](O)[C@@H](Cc3ccccc3)N(Cc3cccc(C#N)c3)C2=O)c1. The van der Waals surface area contributed by atoms with E-state index in [-0.39, 0.29) is 12.6 Å². The Balaban J connectivity index is 1.66. The number of urea groups is 1. The summed E-state index contributed by atoms with van der Waals surface area (Å²) in [4.78, 5) is 17.3. The molecule has 2 amide bonds. The lowest BCUT2D eigenvalue weighted by Crippen LogP contribution is -2.49. The molecule has 0 saturated carbocycles. The largest absolute Gasteiger partial charge is 0.391 e. The Morgan fingerprint density at radius 2 is 1.41 bits per heavy atom. The molecule has 4 rings (SSSR count). The van der Waals surface area contributed by atoms with Gasteiger partial charge in [0.15, 0.2) is 0 Å². The summed E-state index contributed by atoms with van der Waals surface area (Å²) in [5.41, 5.74) is 3.84. The highest BCUT2D eigenvalue weighted by atomic mass is 16.3. The number of carbonyl (C=O) groups is 1. The molecular formula is C28H26N4O2. The first-order valence-electron chi connectivity index (χ1n) is 11.3. The summed E-state index contributed by atoms with van der Waals surface area (Å²) in [6.07, 6.45) is 0.290. The van der Waals surface area contributed by atoms with Gasteiger partial charge in [0.05, 0.1) is 35.4 Å². The summed E-state index contributed by atoms with van der Waals surface area (Å²) >= 11 is 0. The van der Waals surface area contributed by atoms with Crippen molar-refractivity contribution in [3.05, 3.63) is 107 Å². The summed E-state index contributed by atoms with van der Waals surface area (Å²) < 4.78 is 0. The molecule has 0 aromatic heterocycles.